The van der Waals surface area contributed by atoms with Crippen molar-refractivity contribution in [2.24, 2.45) is 0 Å². The predicted molar refractivity (Wildman–Crippen MR) is 71.5 cm³/mol. The molecule has 106 valence electrons. The SMILES string of the molecule is CN(C(=O)CCOc1ccccc1F)C1(C#N)CCC1. The van der Waals surface area contributed by atoms with Gasteiger partial charge in [0.2, 0.25) is 5.91 Å². The minimum absolute atomic E-state index is 0.103. The molecule has 1 aliphatic carbocycles. The van der Waals surface area contributed by atoms with Gasteiger partial charge in [-0.05, 0) is 31.4 Å². The van der Waals surface area contributed by atoms with E-state index >= 15 is 0 Å². The maximum atomic E-state index is 13.3. The molecule has 0 bridgehead atoms. The normalized spacial score (nSPS) is 15.8. The van der Waals surface area contributed by atoms with Crippen molar-refractivity contribution in [3.05, 3.63) is 30.1 Å². The molecule has 4 nitrogen and oxygen atoms in total. The molecule has 0 saturated heterocycles. The van der Waals surface area contributed by atoms with Crippen LogP contribution >= 0.6 is 0 Å². The van der Waals surface area contributed by atoms with Crippen molar-refractivity contribution in [2.75, 3.05) is 13.7 Å². The molecule has 1 aromatic rings. The maximum absolute atomic E-state index is 13.3. The number of hydrogen-bond acceptors (Lipinski definition) is 3. The first-order valence-electron chi connectivity index (χ1n) is 6.64. The van der Waals surface area contributed by atoms with Crippen LogP contribution in [-0.4, -0.2) is 30.0 Å². The van der Waals surface area contributed by atoms with Crippen LogP contribution in [0.1, 0.15) is 25.7 Å². The largest absolute Gasteiger partial charge is 0.490 e. The van der Waals surface area contributed by atoms with Crippen LogP contribution in [-0.2, 0) is 4.79 Å². The molecule has 0 aromatic heterocycles. The van der Waals surface area contributed by atoms with Crippen LogP contribution in [0, 0.1) is 17.1 Å². The molecule has 1 amide bonds. The van der Waals surface area contributed by atoms with Crippen molar-refractivity contribution in [3.63, 3.8) is 0 Å². The Labute approximate surface area is 117 Å². The summed E-state index contributed by atoms with van der Waals surface area (Å²) in [7, 11) is 1.65. The Bertz CT molecular complexity index is 535. The third-order valence-corrected chi connectivity index (χ3v) is 3.82. The van der Waals surface area contributed by atoms with Gasteiger partial charge in [-0.3, -0.25) is 4.79 Å². The predicted octanol–water partition coefficient (Wildman–Crippen LogP) is 2.50. The van der Waals surface area contributed by atoms with E-state index in [2.05, 4.69) is 6.07 Å². The second-order valence-corrected chi connectivity index (χ2v) is 4.98. The summed E-state index contributed by atoms with van der Waals surface area (Å²) in [5.41, 5.74) is -0.644. The fraction of sp³-hybridized carbons (Fsp3) is 0.467. The molecule has 1 aliphatic rings. The molecular weight excluding hydrogens is 259 g/mol. The zero-order chi connectivity index (χ0) is 14.6. The highest BCUT2D eigenvalue weighted by atomic mass is 19.1. The lowest BCUT2D eigenvalue weighted by Gasteiger charge is -2.42. The summed E-state index contributed by atoms with van der Waals surface area (Å²) in [6.07, 6.45) is 2.55. The van der Waals surface area contributed by atoms with Gasteiger partial charge in [-0.15, -0.1) is 0 Å². The summed E-state index contributed by atoms with van der Waals surface area (Å²) in [5, 5.41) is 9.17. The van der Waals surface area contributed by atoms with E-state index in [1.165, 1.54) is 17.0 Å². The highest BCUT2D eigenvalue weighted by Crippen LogP contribution is 2.36. The number of benzene rings is 1. The van der Waals surface area contributed by atoms with Crippen LogP contribution < -0.4 is 4.74 Å². The van der Waals surface area contributed by atoms with Gasteiger partial charge in [0.25, 0.3) is 0 Å². The highest BCUT2D eigenvalue weighted by molar-refractivity contribution is 5.77. The van der Waals surface area contributed by atoms with Gasteiger partial charge < -0.3 is 9.64 Å². The summed E-state index contributed by atoms with van der Waals surface area (Å²) in [6, 6.07) is 8.29. The average Bonchev–Trinajstić information content (AvgIpc) is 2.40. The van der Waals surface area contributed by atoms with Gasteiger partial charge in [0, 0.05) is 7.05 Å². The summed E-state index contributed by atoms with van der Waals surface area (Å²) in [4.78, 5) is 13.5. The van der Waals surface area contributed by atoms with Gasteiger partial charge in [-0.25, -0.2) is 4.39 Å². The fourth-order valence-corrected chi connectivity index (χ4v) is 2.25. The van der Waals surface area contributed by atoms with Crippen molar-refractivity contribution < 1.29 is 13.9 Å². The second kappa shape index (κ2) is 5.91. The molecule has 20 heavy (non-hydrogen) atoms. The van der Waals surface area contributed by atoms with Gasteiger partial charge in [0.05, 0.1) is 19.1 Å². The monoisotopic (exact) mass is 276 g/mol. The molecule has 0 heterocycles. The van der Waals surface area contributed by atoms with Crippen LogP contribution in [0.2, 0.25) is 0 Å². The molecule has 0 unspecified atom stereocenters. The van der Waals surface area contributed by atoms with Gasteiger partial charge in [0.15, 0.2) is 11.6 Å². The van der Waals surface area contributed by atoms with E-state index in [9.17, 15) is 14.4 Å². The molecule has 0 spiro atoms. The molecular formula is C15H17FN2O2. The number of para-hydroxylation sites is 1. The molecule has 1 aromatic carbocycles. The van der Waals surface area contributed by atoms with Crippen LogP contribution in [0.15, 0.2) is 24.3 Å². The van der Waals surface area contributed by atoms with E-state index in [-0.39, 0.29) is 24.7 Å². The molecule has 0 radical (unpaired) electrons. The molecule has 0 aliphatic heterocycles. The van der Waals surface area contributed by atoms with Gasteiger partial charge in [0.1, 0.15) is 5.54 Å². The Morgan fingerprint density at radius 1 is 1.50 bits per heavy atom. The van der Waals surface area contributed by atoms with Crippen molar-refractivity contribution in [1.82, 2.24) is 4.90 Å². The highest BCUT2D eigenvalue weighted by Gasteiger charge is 2.43. The van der Waals surface area contributed by atoms with E-state index in [4.69, 9.17) is 4.74 Å². The lowest BCUT2D eigenvalue weighted by atomic mass is 9.76. The van der Waals surface area contributed by atoms with Crippen molar-refractivity contribution >= 4 is 5.91 Å². The molecule has 5 heteroatoms. The van der Waals surface area contributed by atoms with Crippen LogP contribution in [0.4, 0.5) is 4.39 Å². The first kappa shape index (κ1) is 14.3. The van der Waals surface area contributed by atoms with E-state index in [0.717, 1.165) is 19.3 Å². The van der Waals surface area contributed by atoms with E-state index in [1.54, 1.807) is 19.2 Å². The van der Waals surface area contributed by atoms with Crippen LogP contribution in [0.5, 0.6) is 5.75 Å². The molecule has 1 fully saturated rings. The number of carbonyl (C=O) groups is 1. The molecule has 1 saturated carbocycles. The summed E-state index contributed by atoms with van der Waals surface area (Å²) >= 11 is 0. The third kappa shape index (κ3) is 2.74. The second-order valence-electron chi connectivity index (χ2n) is 4.98. The number of hydrogen-bond donors (Lipinski definition) is 0. The average molecular weight is 276 g/mol. The standard InChI is InChI=1S/C15H17FN2O2/c1-18(15(11-17)8-4-9-15)14(19)7-10-20-13-6-3-2-5-12(13)16/h2-3,5-6H,4,7-10H2,1H3. The first-order chi connectivity index (χ1) is 9.59. The minimum atomic E-state index is -0.644. The van der Waals surface area contributed by atoms with Gasteiger partial charge in [-0.2, -0.15) is 5.26 Å². The van der Waals surface area contributed by atoms with E-state index in [1.807, 2.05) is 0 Å². The Kier molecular flexibility index (Phi) is 4.23. The van der Waals surface area contributed by atoms with Crippen molar-refractivity contribution in [2.45, 2.75) is 31.2 Å². The Balaban J connectivity index is 1.84. The summed E-state index contributed by atoms with van der Waals surface area (Å²) in [5.74, 6) is -0.454. The number of nitrogens with zero attached hydrogens (tertiary/aromatic N) is 2. The van der Waals surface area contributed by atoms with E-state index in [0.29, 0.717) is 0 Å². The number of rotatable bonds is 5. The van der Waals surface area contributed by atoms with Gasteiger partial charge in [-0.1, -0.05) is 12.1 Å². The zero-order valence-corrected chi connectivity index (χ0v) is 11.4. The Morgan fingerprint density at radius 3 is 2.75 bits per heavy atom. The maximum Gasteiger partial charge on any atom is 0.227 e. The smallest absolute Gasteiger partial charge is 0.227 e. The molecule has 2 rings (SSSR count). The van der Waals surface area contributed by atoms with Crippen molar-refractivity contribution in [1.29, 1.82) is 5.26 Å². The number of carbonyl (C=O) groups excluding carboxylic acids is 1. The zero-order valence-electron chi connectivity index (χ0n) is 11.4. The lowest BCUT2D eigenvalue weighted by Crippen LogP contribution is -2.53. The van der Waals surface area contributed by atoms with Crippen molar-refractivity contribution in [3.8, 4) is 11.8 Å². The Morgan fingerprint density at radius 2 is 2.20 bits per heavy atom. The number of halogens is 1. The topological polar surface area (TPSA) is 53.3 Å². The summed E-state index contributed by atoms with van der Waals surface area (Å²) in [6.45, 7) is 0.103. The van der Waals surface area contributed by atoms with Crippen LogP contribution in [0.25, 0.3) is 0 Å². The lowest BCUT2D eigenvalue weighted by molar-refractivity contribution is -0.136. The first-order valence-corrected chi connectivity index (χ1v) is 6.64. The number of ether oxygens (including phenoxy) is 1. The third-order valence-electron chi connectivity index (χ3n) is 3.82. The van der Waals surface area contributed by atoms with E-state index < -0.39 is 11.4 Å². The fourth-order valence-electron chi connectivity index (χ4n) is 2.25. The quantitative estimate of drug-likeness (QED) is 0.830. The van der Waals surface area contributed by atoms with Gasteiger partial charge >= 0.3 is 0 Å². The summed E-state index contributed by atoms with van der Waals surface area (Å²) < 4.78 is 18.6. The number of amides is 1. The molecule has 0 N–H and O–H groups in total. The Hall–Kier alpha value is -2.09. The van der Waals surface area contributed by atoms with Crippen LogP contribution in [0.3, 0.4) is 0 Å². The minimum Gasteiger partial charge on any atom is -0.490 e. The molecule has 0 atom stereocenters. The number of nitriles is 1.